The first-order chi connectivity index (χ1) is 16.1. The number of alkyl halides is 4. The maximum Gasteiger partial charge on any atom is 0.428 e. The molecule has 1 atom stereocenters. The van der Waals surface area contributed by atoms with Gasteiger partial charge in [-0.05, 0) is 43.2 Å². The topological polar surface area (TPSA) is 61.8 Å². The summed E-state index contributed by atoms with van der Waals surface area (Å²) in [6, 6.07) is 7.78. The standard InChI is InChI=1S/C23H19Cl3F4N2O3/c1-20(2,34)19(33)32-10-21(27,11-32)13-5-3-12(4-6-13)17-9-22(35-31-17,23(28,29)30)14-7-15(24)18(26)16(25)8-14/h3-9,31,34H,10-11H2,1-2H3. The van der Waals surface area contributed by atoms with Crippen LogP contribution in [0.3, 0.4) is 0 Å². The third-order valence-electron chi connectivity index (χ3n) is 5.91. The lowest BCUT2D eigenvalue weighted by atomic mass is 9.86. The highest BCUT2D eigenvalue weighted by atomic mass is 35.5. The van der Waals surface area contributed by atoms with Crippen LogP contribution in [0.15, 0.2) is 42.5 Å². The monoisotopic (exact) mass is 552 g/mol. The van der Waals surface area contributed by atoms with Crippen LogP contribution in [0.5, 0.6) is 0 Å². The van der Waals surface area contributed by atoms with Crippen molar-refractivity contribution in [2.75, 3.05) is 13.1 Å². The maximum absolute atomic E-state index is 15.2. The summed E-state index contributed by atoms with van der Waals surface area (Å²) in [5.74, 6) is -0.592. The zero-order chi connectivity index (χ0) is 26.0. The number of rotatable bonds is 4. The van der Waals surface area contributed by atoms with E-state index < -0.39 is 29.0 Å². The average Bonchev–Trinajstić information content (AvgIpc) is 3.21. The number of hydroxylamine groups is 1. The molecule has 188 valence electrons. The van der Waals surface area contributed by atoms with Gasteiger partial charge in [0.2, 0.25) is 5.60 Å². The molecule has 4 rings (SSSR count). The Kier molecular flexibility index (Phi) is 6.34. The van der Waals surface area contributed by atoms with Gasteiger partial charge in [0.15, 0.2) is 5.67 Å². The zero-order valence-electron chi connectivity index (χ0n) is 18.3. The first kappa shape index (κ1) is 26.0. The third-order valence-corrected chi connectivity index (χ3v) is 7.11. The Labute approximate surface area is 213 Å². The molecule has 0 aromatic heterocycles. The predicted octanol–water partition coefficient (Wildman–Crippen LogP) is 5.76. The van der Waals surface area contributed by atoms with Crippen molar-refractivity contribution in [2.24, 2.45) is 0 Å². The van der Waals surface area contributed by atoms with Gasteiger partial charge in [0.25, 0.3) is 5.91 Å². The SMILES string of the molecule is CC(C)(O)C(=O)N1CC(F)(c2ccc(C3=CC(c4cc(Cl)c(Cl)c(Cl)c4)(C(F)(F)F)ON3)cc2)C1. The Morgan fingerprint density at radius 1 is 1.06 bits per heavy atom. The number of hydrogen-bond acceptors (Lipinski definition) is 4. The van der Waals surface area contributed by atoms with E-state index in [1.165, 1.54) is 43.0 Å². The molecule has 2 aliphatic heterocycles. The molecule has 0 saturated carbocycles. The number of carbonyl (C=O) groups is 1. The Morgan fingerprint density at radius 2 is 1.60 bits per heavy atom. The number of amides is 1. The molecular weight excluding hydrogens is 535 g/mol. The van der Waals surface area contributed by atoms with E-state index in [1.807, 2.05) is 0 Å². The first-order valence-electron chi connectivity index (χ1n) is 10.3. The van der Waals surface area contributed by atoms with E-state index in [1.54, 1.807) is 0 Å². The minimum atomic E-state index is -4.90. The molecule has 2 heterocycles. The molecule has 2 aliphatic rings. The summed E-state index contributed by atoms with van der Waals surface area (Å²) in [5.41, 5.74) is -3.88. The van der Waals surface area contributed by atoms with E-state index in [-0.39, 0.29) is 45.0 Å². The number of halogens is 7. The lowest BCUT2D eigenvalue weighted by Gasteiger charge is -2.46. The van der Waals surface area contributed by atoms with Crippen LogP contribution in [0.1, 0.15) is 30.5 Å². The van der Waals surface area contributed by atoms with E-state index in [4.69, 9.17) is 39.6 Å². The minimum absolute atomic E-state index is 0.00331. The van der Waals surface area contributed by atoms with Gasteiger partial charge in [-0.2, -0.15) is 13.2 Å². The van der Waals surface area contributed by atoms with Gasteiger partial charge in [-0.15, -0.1) is 0 Å². The summed E-state index contributed by atoms with van der Waals surface area (Å²) >= 11 is 17.8. The van der Waals surface area contributed by atoms with Gasteiger partial charge in [0.05, 0.1) is 33.9 Å². The summed E-state index contributed by atoms with van der Waals surface area (Å²) in [6.45, 7) is 2.16. The smallest absolute Gasteiger partial charge is 0.381 e. The normalized spacial score (nSPS) is 21.9. The molecular formula is C23H19Cl3F4N2O3. The largest absolute Gasteiger partial charge is 0.428 e. The lowest BCUT2D eigenvalue weighted by molar-refractivity contribution is -0.269. The third kappa shape index (κ3) is 4.49. The van der Waals surface area contributed by atoms with Crippen molar-refractivity contribution in [1.82, 2.24) is 10.4 Å². The molecule has 0 bridgehead atoms. The predicted molar refractivity (Wildman–Crippen MR) is 124 cm³/mol. The van der Waals surface area contributed by atoms with Gasteiger partial charge in [-0.3, -0.25) is 15.1 Å². The Balaban J connectivity index is 1.61. The fraction of sp³-hybridized carbons (Fsp3) is 0.348. The van der Waals surface area contributed by atoms with E-state index in [2.05, 4.69) is 5.48 Å². The van der Waals surface area contributed by atoms with Crippen molar-refractivity contribution in [2.45, 2.75) is 36.9 Å². The van der Waals surface area contributed by atoms with Gasteiger partial charge >= 0.3 is 6.18 Å². The lowest BCUT2D eigenvalue weighted by Crippen LogP contribution is -2.62. The maximum atomic E-state index is 15.2. The second-order valence-corrected chi connectivity index (χ2v) is 10.2. The number of likely N-dealkylation sites (tertiary alicyclic amines) is 1. The number of aliphatic hydroxyl groups is 1. The van der Waals surface area contributed by atoms with Gasteiger partial charge in [0, 0.05) is 5.56 Å². The molecule has 2 aromatic carbocycles. The molecule has 1 fully saturated rings. The van der Waals surface area contributed by atoms with Crippen LogP contribution in [-0.2, 0) is 20.9 Å². The minimum Gasteiger partial charge on any atom is -0.381 e. The van der Waals surface area contributed by atoms with Crippen molar-refractivity contribution < 1.29 is 32.3 Å². The number of nitrogens with zero attached hydrogens (tertiary/aromatic N) is 1. The van der Waals surface area contributed by atoms with Crippen LogP contribution in [0.2, 0.25) is 15.1 Å². The van der Waals surface area contributed by atoms with Crippen molar-refractivity contribution in [3.8, 4) is 0 Å². The molecule has 0 aliphatic carbocycles. The van der Waals surface area contributed by atoms with Crippen molar-refractivity contribution in [3.05, 3.63) is 74.2 Å². The molecule has 1 amide bonds. The van der Waals surface area contributed by atoms with Gasteiger partial charge < -0.3 is 10.0 Å². The van der Waals surface area contributed by atoms with Crippen LogP contribution in [0, 0.1) is 0 Å². The molecule has 1 unspecified atom stereocenters. The molecule has 2 N–H and O–H groups in total. The second-order valence-electron chi connectivity index (χ2n) is 9.01. The number of benzene rings is 2. The van der Waals surface area contributed by atoms with Gasteiger partial charge in [-0.1, -0.05) is 59.1 Å². The molecule has 1 saturated heterocycles. The Bertz CT molecular complexity index is 1180. The molecule has 35 heavy (non-hydrogen) atoms. The summed E-state index contributed by atoms with van der Waals surface area (Å²) in [5, 5.41) is 9.39. The van der Waals surface area contributed by atoms with Crippen LogP contribution in [-0.4, -0.2) is 40.8 Å². The Morgan fingerprint density at radius 3 is 2.09 bits per heavy atom. The molecule has 5 nitrogen and oxygen atoms in total. The highest BCUT2D eigenvalue weighted by molar-refractivity contribution is 6.48. The molecule has 2 aromatic rings. The van der Waals surface area contributed by atoms with Crippen molar-refractivity contribution >= 4 is 46.4 Å². The quantitative estimate of drug-likeness (QED) is 0.374. The summed E-state index contributed by atoms with van der Waals surface area (Å²) in [4.78, 5) is 18.3. The molecule has 12 heteroatoms. The first-order valence-corrected chi connectivity index (χ1v) is 11.4. The highest BCUT2D eigenvalue weighted by Crippen LogP contribution is 2.49. The molecule has 0 spiro atoms. The van der Waals surface area contributed by atoms with Crippen molar-refractivity contribution in [3.63, 3.8) is 0 Å². The fourth-order valence-electron chi connectivity index (χ4n) is 3.98. The van der Waals surface area contributed by atoms with Crippen LogP contribution in [0.25, 0.3) is 5.70 Å². The van der Waals surface area contributed by atoms with Crippen LogP contribution in [0.4, 0.5) is 17.6 Å². The van der Waals surface area contributed by atoms with E-state index in [0.29, 0.717) is 5.56 Å². The summed E-state index contributed by atoms with van der Waals surface area (Å²) in [6.07, 6.45) is -4.05. The number of carbonyl (C=O) groups excluding carboxylic acids is 1. The Hall–Kier alpha value is -2.04. The second kappa shape index (κ2) is 8.52. The number of nitrogens with one attached hydrogen (secondary N) is 1. The van der Waals surface area contributed by atoms with E-state index in [9.17, 15) is 23.1 Å². The number of hydrogen-bond donors (Lipinski definition) is 2. The van der Waals surface area contributed by atoms with E-state index >= 15 is 4.39 Å². The van der Waals surface area contributed by atoms with Gasteiger partial charge in [-0.25, -0.2) is 4.39 Å². The highest BCUT2D eigenvalue weighted by Gasteiger charge is 2.60. The van der Waals surface area contributed by atoms with Crippen LogP contribution >= 0.6 is 34.8 Å². The zero-order valence-corrected chi connectivity index (χ0v) is 20.6. The summed E-state index contributed by atoms with van der Waals surface area (Å²) < 4.78 is 57.8. The average molecular weight is 554 g/mol. The van der Waals surface area contributed by atoms with Crippen molar-refractivity contribution in [1.29, 1.82) is 0 Å². The fourth-order valence-corrected chi connectivity index (χ4v) is 4.57. The molecule has 0 radical (unpaired) electrons. The summed E-state index contributed by atoms with van der Waals surface area (Å²) in [7, 11) is 0. The van der Waals surface area contributed by atoms with E-state index in [0.717, 1.165) is 18.2 Å². The van der Waals surface area contributed by atoms with Gasteiger partial charge in [0.1, 0.15) is 5.60 Å². The van der Waals surface area contributed by atoms with Crippen LogP contribution < -0.4 is 5.48 Å².